The van der Waals surface area contributed by atoms with Crippen LogP contribution in [0.5, 0.6) is 5.75 Å². The number of ether oxygens (including phenoxy) is 2. The van der Waals surface area contributed by atoms with E-state index in [-0.39, 0.29) is 5.91 Å². The number of nitrogens with one attached hydrogen (secondary N) is 2. The van der Waals surface area contributed by atoms with Crippen LogP contribution in [0, 0.1) is 13.8 Å². The average molecular weight is 340 g/mol. The first-order valence-electron chi connectivity index (χ1n) is 8.54. The van der Waals surface area contributed by atoms with E-state index in [9.17, 15) is 4.79 Å². The zero-order valence-corrected chi connectivity index (χ0v) is 14.7. The number of morpholine rings is 1. The number of aryl methyl sites for hydroxylation is 2. The summed E-state index contributed by atoms with van der Waals surface area (Å²) in [6, 6.07) is 13.9. The van der Waals surface area contributed by atoms with Gasteiger partial charge in [-0.05, 0) is 43.2 Å². The third kappa shape index (κ3) is 4.81. The summed E-state index contributed by atoms with van der Waals surface area (Å²) in [5.74, 6) is 0.663. The van der Waals surface area contributed by atoms with Crippen LogP contribution in [-0.2, 0) is 16.1 Å². The van der Waals surface area contributed by atoms with Crippen molar-refractivity contribution in [1.82, 2.24) is 5.32 Å². The highest BCUT2D eigenvalue weighted by molar-refractivity contribution is 5.95. The Morgan fingerprint density at radius 1 is 1.28 bits per heavy atom. The second-order valence-corrected chi connectivity index (χ2v) is 6.31. The van der Waals surface area contributed by atoms with E-state index in [2.05, 4.69) is 29.7 Å². The van der Waals surface area contributed by atoms with Crippen LogP contribution in [0.25, 0.3) is 0 Å². The number of rotatable bonds is 5. The fourth-order valence-electron chi connectivity index (χ4n) is 2.78. The lowest BCUT2D eigenvalue weighted by molar-refractivity contribution is -0.128. The van der Waals surface area contributed by atoms with E-state index in [0.29, 0.717) is 19.8 Å². The molecule has 25 heavy (non-hydrogen) atoms. The van der Waals surface area contributed by atoms with Gasteiger partial charge in [0.25, 0.3) is 5.91 Å². The number of carbonyl (C=O) groups is 1. The van der Waals surface area contributed by atoms with Gasteiger partial charge in [-0.1, -0.05) is 29.8 Å². The van der Waals surface area contributed by atoms with E-state index in [1.54, 1.807) is 0 Å². The molecule has 2 aromatic rings. The highest BCUT2D eigenvalue weighted by atomic mass is 16.5. The molecule has 1 amide bonds. The van der Waals surface area contributed by atoms with Crippen LogP contribution in [0.15, 0.2) is 42.5 Å². The molecule has 0 bridgehead atoms. The lowest BCUT2D eigenvalue weighted by Gasteiger charge is -2.23. The van der Waals surface area contributed by atoms with Crippen LogP contribution in [0.4, 0.5) is 5.69 Å². The quantitative estimate of drug-likeness (QED) is 0.879. The maximum Gasteiger partial charge on any atom is 0.254 e. The van der Waals surface area contributed by atoms with Crippen molar-refractivity contribution in [2.24, 2.45) is 0 Å². The predicted molar refractivity (Wildman–Crippen MR) is 97.9 cm³/mol. The molecule has 0 aromatic heterocycles. The molecule has 0 spiro atoms. The Bertz CT molecular complexity index is 739. The number of benzene rings is 2. The van der Waals surface area contributed by atoms with Crippen molar-refractivity contribution < 1.29 is 14.3 Å². The third-order valence-electron chi connectivity index (χ3n) is 4.16. The van der Waals surface area contributed by atoms with Crippen molar-refractivity contribution in [2.45, 2.75) is 26.6 Å². The largest absolute Gasteiger partial charge is 0.489 e. The van der Waals surface area contributed by atoms with Gasteiger partial charge in [0.05, 0.1) is 6.61 Å². The number of amides is 1. The van der Waals surface area contributed by atoms with Gasteiger partial charge in [-0.2, -0.15) is 0 Å². The van der Waals surface area contributed by atoms with Gasteiger partial charge < -0.3 is 20.1 Å². The summed E-state index contributed by atoms with van der Waals surface area (Å²) in [5, 5.41) is 6.08. The molecule has 1 aliphatic heterocycles. The lowest BCUT2D eigenvalue weighted by atomic mass is 10.1. The first-order valence-corrected chi connectivity index (χ1v) is 8.54. The molecule has 0 radical (unpaired) electrons. The molecular formula is C20H24N2O3. The third-order valence-corrected chi connectivity index (χ3v) is 4.16. The highest BCUT2D eigenvalue weighted by Gasteiger charge is 2.22. The van der Waals surface area contributed by atoms with E-state index in [1.165, 1.54) is 5.56 Å². The maximum absolute atomic E-state index is 12.2. The molecule has 1 fully saturated rings. The molecule has 1 saturated heterocycles. The summed E-state index contributed by atoms with van der Waals surface area (Å²) in [7, 11) is 0. The molecule has 0 aliphatic carbocycles. The summed E-state index contributed by atoms with van der Waals surface area (Å²) >= 11 is 0. The molecule has 0 saturated carbocycles. The van der Waals surface area contributed by atoms with Gasteiger partial charge in [-0.3, -0.25) is 4.79 Å². The smallest absolute Gasteiger partial charge is 0.254 e. The second kappa shape index (κ2) is 8.14. The molecular weight excluding hydrogens is 316 g/mol. The Kier molecular flexibility index (Phi) is 5.68. The van der Waals surface area contributed by atoms with Crippen LogP contribution in [0.3, 0.4) is 0 Å². The summed E-state index contributed by atoms with van der Waals surface area (Å²) in [5.41, 5.74) is 4.09. The standard InChI is InChI=1S/C20H24N2O3/c1-14-4-3-5-16(10-14)13-25-17-6-7-18(15(2)11-17)22-20(23)19-12-21-8-9-24-19/h3-7,10-11,19,21H,8-9,12-13H2,1-2H3,(H,22,23). The average Bonchev–Trinajstić information content (AvgIpc) is 2.63. The van der Waals surface area contributed by atoms with Crippen molar-refractivity contribution >= 4 is 11.6 Å². The molecule has 1 unspecified atom stereocenters. The minimum absolute atomic E-state index is 0.122. The molecule has 2 aromatic carbocycles. The van der Waals surface area contributed by atoms with Crippen molar-refractivity contribution in [2.75, 3.05) is 25.0 Å². The SMILES string of the molecule is Cc1cccc(COc2ccc(NC(=O)C3CNCCO3)c(C)c2)c1. The van der Waals surface area contributed by atoms with Gasteiger partial charge in [-0.25, -0.2) is 0 Å². The minimum atomic E-state index is -0.439. The van der Waals surface area contributed by atoms with E-state index in [0.717, 1.165) is 29.1 Å². The first kappa shape index (κ1) is 17.5. The van der Waals surface area contributed by atoms with E-state index < -0.39 is 6.10 Å². The van der Waals surface area contributed by atoms with Crippen LogP contribution < -0.4 is 15.4 Å². The number of hydrogen-bond donors (Lipinski definition) is 2. The second-order valence-electron chi connectivity index (χ2n) is 6.31. The normalized spacial score (nSPS) is 17.1. The van der Waals surface area contributed by atoms with Crippen molar-refractivity contribution in [3.63, 3.8) is 0 Å². The number of anilines is 1. The lowest BCUT2D eigenvalue weighted by Crippen LogP contribution is -2.45. The Balaban J connectivity index is 1.59. The fourth-order valence-corrected chi connectivity index (χ4v) is 2.78. The van der Waals surface area contributed by atoms with E-state index >= 15 is 0 Å². The van der Waals surface area contributed by atoms with Gasteiger partial charge in [0, 0.05) is 18.8 Å². The fraction of sp³-hybridized carbons (Fsp3) is 0.350. The zero-order valence-electron chi connectivity index (χ0n) is 14.7. The van der Waals surface area contributed by atoms with Crippen LogP contribution in [0.2, 0.25) is 0 Å². The van der Waals surface area contributed by atoms with Gasteiger partial charge in [-0.15, -0.1) is 0 Å². The van der Waals surface area contributed by atoms with E-state index in [1.807, 2.05) is 37.3 Å². The number of hydrogen-bond acceptors (Lipinski definition) is 4. The summed E-state index contributed by atoms with van der Waals surface area (Å²) in [4.78, 5) is 12.2. The molecule has 5 heteroatoms. The minimum Gasteiger partial charge on any atom is -0.489 e. The van der Waals surface area contributed by atoms with Crippen LogP contribution in [-0.4, -0.2) is 31.7 Å². The van der Waals surface area contributed by atoms with Crippen molar-refractivity contribution in [3.8, 4) is 5.75 Å². The maximum atomic E-state index is 12.2. The monoisotopic (exact) mass is 340 g/mol. The van der Waals surface area contributed by atoms with Crippen LogP contribution in [0.1, 0.15) is 16.7 Å². The predicted octanol–water partition coefficient (Wildman–Crippen LogP) is 2.81. The van der Waals surface area contributed by atoms with Gasteiger partial charge in [0.1, 0.15) is 18.5 Å². The summed E-state index contributed by atoms with van der Waals surface area (Å²) < 4.78 is 11.3. The van der Waals surface area contributed by atoms with Gasteiger partial charge >= 0.3 is 0 Å². The van der Waals surface area contributed by atoms with Gasteiger partial charge in [0.15, 0.2) is 0 Å². The zero-order chi connectivity index (χ0) is 17.6. The molecule has 5 nitrogen and oxygen atoms in total. The van der Waals surface area contributed by atoms with E-state index in [4.69, 9.17) is 9.47 Å². The topological polar surface area (TPSA) is 59.6 Å². The molecule has 1 aliphatic rings. The molecule has 1 atom stereocenters. The van der Waals surface area contributed by atoms with Crippen molar-refractivity contribution in [3.05, 3.63) is 59.2 Å². The molecule has 3 rings (SSSR count). The Labute approximate surface area is 148 Å². The molecule has 2 N–H and O–H groups in total. The van der Waals surface area contributed by atoms with Gasteiger partial charge in [0.2, 0.25) is 0 Å². The van der Waals surface area contributed by atoms with Crippen molar-refractivity contribution in [1.29, 1.82) is 0 Å². The Hall–Kier alpha value is -2.37. The molecule has 132 valence electrons. The Morgan fingerprint density at radius 2 is 2.16 bits per heavy atom. The summed E-state index contributed by atoms with van der Waals surface area (Å²) in [6.45, 7) is 6.43. The first-order chi connectivity index (χ1) is 12.1. The summed E-state index contributed by atoms with van der Waals surface area (Å²) in [6.07, 6.45) is -0.439. The Morgan fingerprint density at radius 3 is 2.88 bits per heavy atom. The highest BCUT2D eigenvalue weighted by Crippen LogP contribution is 2.22. The molecule has 1 heterocycles. The number of carbonyl (C=O) groups excluding carboxylic acids is 1. The van der Waals surface area contributed by atoms with Crippen LogP contribution >= 0.6 is 0 Å².